The van der Waals surface area contributed by atoms with Gasteiger partial charge in [0.2, 0.25) is 0 Å². The minimum Gasteiger partial charge on any atom is -0.463 e. The zero-order valence-corrected chi connectivity index (χ0v) is 12.7. The van der Waals surface area contributed by atoms with Gasteiger partial charge in [0.1, 0.15) is 5.58 Å². The van der Waals surface area contributed by atoms with Crippen LogP contribution in [0.3, 0.4) is 0 Å². The molecule has 2 nitrogen and oxygen atoms in total. The molecule has 0 spiro atoms. The van der Waals surface area contributed by atoms with Gasteiger partial charge in [0.15, 0.2) is 0 Å². The maximum atomic E-state index is 6.39. The van der Waals surface area contributed by atoms with Crippen molar-refractivity contribution in [2.24, 2.45) is 0 Å². The fourth-order valence-electron chi connectivity index (χ4n) is 2.36. The van der Waals surface area contributed by atoms with E-state index >= 15 is 0 Å². The smallest absolute Gasteiger partial charge is 0.142 e. The summed E-state index contributed by atoms with van der Waals surface area (Å²) in [5, 5.41) is 7.44. The molecular formula is C17H18ClNO. The number of hydrogen-bond donors (Lipinski definition) is 1. The van der Waals surface area contributed by atoms with E-state index < -0.39 is 0 Å². The number of nitrogens with one attached hydrogen (secondary N) is 1. The Balaban J connectivity index is 2.13. The van der Waals surface area contributed by atoms with E-state index in [9.17, 15) is 0 Å². The minimum atomic E-state index is 0.0736. The van der Waals surface area contributed by atoms with Crippen LogP contribution in [0.25, 0.3) is 21.7 Å². The molecule has 0 saturated carbocycles. The lowest BCUT2D eigenvalue weighted by atomic mass is 10.0. The Hall–Kier alpha value is -1.51. The molecule has 20 heavy (non-hydrogen) atoms. The SMILES string of the molecule is CC(C)(C)NCc1coc2c1cc(Cl)c1ccccc12. The van der Waals surface area contributed by atoms with Crippen LogP contribution in [0.1, 0.15) is 26.3 Å². The van der Waals surface area contributed by atoms with Crippen LogP contribution in [0.4, 0.5) is 0 Å². The van der Waals surface area contributed by atoms with Crippen molar-refractivity contribution in [1.82, 2.24) is 5.32 Å². The van der Waals surface area contributed by atoms with Crippen molar-refractivity contribution in [3.63, 3.8) is 0 Å². The van der Waals surface area contributed by atoms with E-state index in [0.717, 1.165) is 38.9 Å². The van der Waals surface area contributed by atoms with Crippen LogP contribution in [0.5, 0.6) is 0 Å². The summed E-state index contributed by atoms with van der Waals surface area (Å²) in [4.78, 5) is 0. The van der Waals surface area contributed by atoms with Gasteiger partial charge in [0, 0.05) is 38.8 Å². The van der Waals surface area contributed by atoms with Gasteiger partial charge in [-0.25, -0.2) is 0 Å². The van der Waals surface area contributed by atoms with Crippen LogP contribution < -0.4 is 5.32 Å². The van der Waals surface area contributed by atoms with Crippen LogP contribution in [-0.4, -0.2) is 5.54 Å². The first-order valence-corrected chi connectivity index (χ1v) is 7.16. The molecule has 0 aliphatic carbocycles. The van der Waals surface area contributed by atoms with Crippen molar-refractivity contribution in [2.75, 3.05) is 0 Å². The summed E-state index contributed by atoms with van der Waals surface area (Å²) in [5.74, 6) is 0. The number of furan rings is 1. The standard InChI is InChI=1S/C17H18ClNO/c1-17(2,3)19-9-11-10-20-16-13-7-5-4-6-12(13)15(18)8-14(11)16/h4-8,10,19H,9H2,1-3H3. The molecule has 0 atom stereocenters. The second kappa shape index (κ2) is 4.80. The van der Waals surface area contributed by atoms with E-state index in [1.165, 1.54) is 0 Å². The fraction of sp³-hybridized carbons (Fsp3) is 0.294. The maximum Gasteiger partial charge on any atom is 0.142 e. The van der Waals surface area contributed by atoms with Gasteiger partial charge in [-0.1, -0.05) is 35.9 Å². The van der Waals surface area contributed by atoms with E-state index in [0.29, 0.717) is 0 Å². The highest BCUT2D eigenvalue weighted by molar-refractivity contribution is 6.37. The highest BCUT2D eigenvalue weighted by atomic mass is 35.5. The quantitative estimate of drug-likeness (QED) is 0.707. The molecule has 0 bridgehead atoms. The largest absolute Gasteiger partial charge is 0.463 e. The van der Waals surface area contributed by atoms with Crippen LogP contribution in [0, 0.1) is 0 Å². The molecule has 0 aliphatic heterocycles. The average molecular weight is 288 g/mol. The number of halogens is 1. The summed E-state index contributed by atoms with van der Waals surface area (Å²) in [5.41, 5.74) is 2.13. The first kappa shape index (κ1) is 13.5. The van der Waals surface area contributed by atoms with Crippen LogP contribution in [0.2, 0.25) is 5.02 Å². The molecule has 0 saturated heterocycles. The summed E-state index contributed by atoms with van der Waals surface area (Å²) >= 11 is 6.39. The Labute approximate surface area is 123 Å². The third-order valence-corrected chi connectivity index (χ3v) is 3.73. The highest BCUT2D eigenvalue weighted by Gasteiger charge is 2.14. The van der Waals surface area contributed by atoms with E-state index in [4.69, 9.17) is 16.0 Å². The normalized spacial score (nSPS) is 12.4. The van der Waals surface area contributed by atoms with Crippen LogP contribution >= 0.6 is 11.6 Å². The first-order chi connectivity index (χ1) is 9.46. The van der Waals surface area contributed by atoms with Gasteiger partial charge >= 0.3 is 0 Å². The number of benzene rings is 2. The van der Waals surface area contributed by atoms with E-state index in [-0.39, 0.29) is 5.54 Å². The molecule has 0 radical (unpaired) electrons. The lowest BCUT2D eigenvalue weighted by Crippen LogP contribution is -2.34. The molecule has 1 aromatic heterocycles. The van der Waals surface area contributed by atoms with E-state index in [1.807, 2.05) is 36.6 Å². The van der Waals surface area contributed by atoms with Gasteiger partial charge in [-0.15, -0.1) is 0 Å². The molecule has 0 aliphatic rings. The average Bonchev–Trinajstić information content (AvgIpc) is 2.79. The predicted octanol–water partition coefficient (Wildman–Crippen LogP) is 5.13. The molecule has 3 aromatic rings. The lowest BCUT2D eigenvalue weighted by molar-refractivity contribution is 0.423. The van der Waals surface area contributed by atoms with Crippen molar-refractivity contribution < 1.29 is 4.42 Å². The molecule has 3 rings (SSSR count). The van der Waals surface area contributed by atoms with Crippen molar-refractivity contribution >= 4 is 33.3 Å². The van der Waals surface area contributed by atoms with Crippen molar-refractivity contribution in [2.45, 2.75) is 32.9 Å². The molecule has 3 heteroatoms. The molecule has 0 amide bonds. The summed E-state index contributed by atoms with van der Waals surface area (Å²) < 4.78 is 5.78. The van der Waals surface area contributed by atoms with Crippen molar-refractivity contribution in [3.8, 4) is 0 Å². The topological polar surface area (TPSA) is 25.2 Å². The second-order valence-corrected chi connectivity index (χ2v) is 6.55. The summed E-state index contributed by atoms with van der Waals surface area (Å²) in [6.07, 6.45) is 1.83. The fourth-order valence-corrected chi connectivity index (χ4v) is 2.63. The lowest BCUT2D eigenvalue weighted by Gasteiger charge is -2.20. The molecule has 104 valence electrons. The Kier molecular flexibility index (Phi) is 3.23. The Morgan fingerprint density at radius 2 is 1.80 bits per heavy atom. The van der Waals surface area contributed by atoms with Crippen LogP contribution in [0.15, 0.2) is 41.0 Å². The van der Waals surface area contributed by atoms with Gasteiger partial charge in [-0.3, -0.25) is 0 Å². The Morgan fingerprint density at radius 1 is 1.10 bits per heavy atom. The Morgan fingerprint density at radius 3 is 2.50 bits per heavy atom. The number of rotatable bonds is 2. The van der Waals surface area contributed by atoms with Gasteiger partial charge < -0.3 is 9.73 Å². The molecule has 1 heterocycles. The number of hydrogen-bond acceptors (Lipinski definition) is 2. The third kappa shape index (κ3) is 2.41. The van der Waals surface area contributed by atoms with Crippen LogP contribution in [-0.2, 0) is 6.54 Å². The third-order valence-electron chi connectivity index (χ3n) is 3.42. The number of fused-ring (bicyclic) bond motifs is 3. The molecule has 0 unspecified atom stereocenters. The van der Waals surface area contributed by atoms with E-state index in [2.05, 4.69) is 26.1 Å². The molecule has 1 N–H and O–H groups in total. The molecular weight excluding hydrogens is 270 g/mol. The monoisotopic (exact) mass is 287 g/mol. The molecule has 2 aromatic carbocycles. The second-order valence-electron chi connectivity index (χ2n) is 6.15. The van der Waals surface area contributed by atoms with Gasteiger partial charge in [0.05, 0.1) is 6.26 Å². The van der Waals surface area contributed by atoms with Crippen molar-refractivity contribution in [3.05, 3.63) is 47.2 Å². The van der Waals surface area contributed by atoms with E-state index in [1.54, 1.807) is 0 Å². The van der Waals surface area contributed by atoms with Crippen molar-refractivity contribution in [1.29, 1.82) is 0 Å². The minimum absolute atomic E-state index is 0.0736. The summed E-state index contributed by atoms with van der Waals surface area (Å²) in [6, 6.07) is 10.1. The summed E-state index contributed by atoms with van der Waals surface area (Å²) in [6.45, 7) is 7.22. The summed E-state index contributed by atoms with van der Waals surface area (Å²) in [7, 11) is 0. The van der Waals surface area contributed by atoms with Gasteiger partial charge in [-0.2, -0.15) is 0 Å². The van der Waals surface area contributed by atoms with Gasteiger partial charge in [-0.05, 0) is 26.8 Å². The maximum absolute atomic E-state index is 6.39. The first-order valence-electron chi connectivity index (χ1n) is 6.78. The zero-order chi connectivity index (χ0) is 14.3. The zero-order valence-electron chi connectivity index (χ0n) is 12.0. The Bertz CT molecular complexity index is 768. The van der Waals surface area contributed by atoms with Gasteiger partial charge in [0.25, 0.3) is 0 Å². The predicted molar refractivity (Wildman–Crippen MR) is 85.3 cm³/mol. The molecule has 0 fully saturated rings. The highest BCUT2D eigenvalue weighted by Crippen LogP contribution is 2.34.